The van der Waals surface area contributed by atoms with Crippen molar-refractivity contribution in [3.63, 3.8) is 0 Å². The van der Waals surface area contributed by atoms with Crippen LogP contribution in [0.3, 0.4) is 0 Å². The van der Waals surface area contributed by atoms with Gasteiger partial charge in [0.1, 0.15) is 18.8 Å². The number of ether oxygens (including phenoxy) is 3. The third-order valence-electron chi connectivity index (χ3n) is 6.36. The number of hydrogen-bond donors (Lipinski definition) is 0. The molecular formula is C31H48O8Si3. The Kier molecular flexibility index (Phi) is 13.5. The van der Waals surface area contributed by atoms with Gasteiger partial charge in [0.15, 0.2) is 22.4 Å². The van der Waals surface area contributed by atoms with Gasteiger partial charge in [-0.15, -0.1) is 0 Å². The van der Waals surface area contributed by atoms with Crippen molar-refractivity contribution in [1.29, 1.82) is 0 Å². The summed E-state index contributed by atoms with van der Waals surface area (Å²) >= 11 is 0. The third kappa shape index (κ3) is 13.7. The highest BCUT2D eigenvalue weighted by atomic mass is 28.5. The molecule has 0 bridgehead atoms. The molecule has 0 saturated carbocycles. The number of carbonyl (C=O) groups excluding carboxylic acids is 3. The molecule has 232 valence electrons. The maximum atomic E-state index is 13.0. The fraction of sp³-hybridized carbons (Fsp3) is 0.516. The molecule has 0 radical (unpaired) electrons. The standard InChI is InChI=1S/C31H48O8Si3/c1-26(32)31(22-29(33)35-24-27-16-11-9-12-17-27,23-30(34)36-25-28-18-13-10-14-19-28)37-20-15-21-41(5,6)39-42(7,8)38-40(2,3)4/h9-14,16-19H,15,20-25H2,1-8H3. The van der Waals surface area contributed by atoms with Crippen LogP contribution in [0.1, 0.15) is 37.3 Å². The minimum absolute atomic E-state index is 0.0579. The summed E-state index contributed by atoms with van der Waals surface area (Å²) in [6, 6.07) is 19.3. The lowest BCUT2D eigenvalue weighted by atomic mass is 9.90. The largest absolute Gasteiger partial charge is 0.461 e. The summed E-state index contributed by atoms with van der Waals surface area (Å²) in [6.07, 6.45) is -0.183. The summed E-state index contributed by atoms with van der Waals surface area (Å²) in [4.78, 5) is 38.9. The van der Waals surface area contributed by atoms with E-state index in [1.807, 2.05) is 60.7 Å². The fourth-order valence-corrected chi connectivity index (χ4v) is 18.0. The zero-order valence-corrected chi connectivity index (χ0v) is 29.5. The molecule has 0 aliphatic carbocycles. The highest BCUT2D eigenvalue weighted by Crippen LogP contribution is 2.28. The monoisotopic (exact) mass is 632 g/mol. The Hall–Kier alpha value is -2.42. The first-order valence-electron chi connectivity index (χ1n) is 14.5. The molecule has 11 heteroatoms. The first-order chi connectivity index (χ1) is 19.5. The molecule has 0 spiro atoms. The average Bonchev–Trinajstić information content (AvgIpc) is 2.87. The van der Waals surface area contributed by atoms with Gasteiger partial charge in [-0.25, -0.2) is 0 Å². The summed E-state index contributed by atoms with van der Waals surface area (Å²) in [5.41, 5.74) is -0.0539. The van der Waals surface area contributed by atoms with Gasteiger partial charge in [0.25, 0.3) is 0 Å². The minimum Gasteiger partial charge on any atom is -0.461 e. The van der Waals surface area contributed by atoms with E-state index in [-0.39, 0.29) is 19.8 Å². The lowest BCUT2D eigenvalue weighted by Crippen LogP contribution is -2.51. The molecule has 42 heavy (non-hydrogen) atoms. The molecule has 0 N–H and O–H groups in total. The quantitative estimate of drug-likeness (QED) is 0.101. The topological polar surface area (TPSA) is 97.4 Å². The predicted molar refractivity (Wildman–Crippen MR) is 171 cm³/mol. The minimum atomic E-state index is -2.30. The predicted octanol–water partition coefficient (Wildman–Crippen LogP) is 6.76. The van der Waals surface area contributed by atoms with Crippen molar-refractivity contribution in [2.45, 2.75) is 96.9 Å². The Balaban J connectivity index is 2.09. The normalized spacial score (nSPS) is 12.6. The Labute approximate surface area is 254 Å². The van der Waals surface area contributed by atoms with Gasteiger partial charge in [-0.1, -0.05) is 60.7 Å². The number of rotatable bonds is 18. The lowest BCUT2D eigenvalue weighted by molar-refractivity contribution is -0.169. The van der Waals surface area contributed by atoms with E-state index in [1.54, 1.807) is 0 Å². The van der Waals surface area contributed by atoms with E-state index in [1.165, 1.54) is 6.92 Å². The number of hydrogen-bond acceptors (Lipinski definition) is 8. The first kappa shape index (κ1) is 35.8. The zero-order chi connectivity index (χ0) is 31.4. The first-order valence-corrected chi connectivity index (χ1v) is 23.8. The summed E-state index contributed by atoms with van der Waals surface area (Å²) in [5.74, 6) is -1.68. The van der Waals surface area contributed by atoms with Crippen molar-refractivity contribution < 1.29 is 36.8 Å². The van der Waals surface area contributed by atoms with Crippen LogP contribution in [-0.2, 0) is 50.0 Å². The van der Waals surface area contributed by atoms with Crippen LogP contribution in [0, 0.1) is 0 Å². The van der Waals surface area contributed by atoms with Crippen molar-refractivity contribution in [2.75, 3.05) is 6.61 Å². The smallest absolute Gasteiger partial charge is 0.311 e. The van der Waals surface area contributed by atoms with Gasteiger partial charge in [-0.3, -0.25) is 14.4 Å². The highest BCUT2D eigenvalue weighted by Gasteiger charge is 2.43. The van der Waals surface area contributed by atoms with Crippen LogP contribution in [-0.4, -0.2) is 55.1 Å². The molecule has 0 aliphatic rings. The highest BCUT2D eigenvalue weighted by molar-refractivity contribution is 6.87. The van der Waals surface area contributed by atoms with Crippen molar-refractivity contribution in [3.05, 3.63) is 71.8 Å². The number of esters is 2. The van der Waals surface area contributed by atoms with Crippen LogP contribution in [0.5, 0.6) is 0 Å². The van der Waals surface area contributed by atoms with Gasteiger partial charge in [-0.05, 0) is 76.3 Å². The molecule has 0 saturated heterocycles. The van der Waals surface area contributed by atoms with Gasteiger partial charge in [0.2, 0.25) is 0 Å². The molecule has 8 nitrogen and oxygen atoms in total. The molecule has 0 aromatic heterocycles. The van der Waals surface area contributed by atoms with Crippen LogP contribution in [0.4, 0.5) is 0 Å². The third-order valence-corrected chi connectivity index (χ3v) is 16.5. The molecular weight excluding hydrogens is 585 g/mol. The molecule has 0 aliphatic heterocycles. The number of benzene rings is 2. The summed E-state index contributed by atoms with van der Waals surface area (Å²) in [6.45, 7) is 16.6. The van der Waals surface area contributed by atoms with Crippen LogP contribution >= 0.6 is 0 Å². The van der Waals surface area contributed by atoms with Crippen LogP contribution < -0.4 is 0 Å². The molecule has 0 atom stereocenters. The van der Waals surface area contributed by atoms with E-state index in [4.69, 9.17) is 22.4 Å². The average molecular weight is 633 g/mol. The van der Waals surface area contributed by atoms with Crippen molar-refractivity contribution in [3.8, 4) is 0 Å². The second-order valence-electron chi connectivity index (χ2n) is 12.6. The van der Waals surface area contributed by atoms with Crippen molar-refractivity contribution >= 4 is 42.9 Å². The second kappa shape index (κ2) is 15.9. The van der Waals surface area contributed by atoms with Gasteiger partial charge < -0.3 is 22.4 Å². The Morgan fingerprint density at radius 1 is 0.690 bits per heavy atom. The Bertz CT molecular complexity index is 1090. The van der Waals surface area contributed by atoms with E-state index < -0.39 is 61.4 Å². The number of Topliss-reactive ketones (excluding diaryl/α,β-unsaturated/α-hetero) is 1. The van der Waals surface area contributed by atoms with E-state index in [0.29, 0.717) is 6.42 Å². The number of carbonyl (C=O) groups is 3. The van der Waals surface area contributed by atoms with E-state index >= 15 is 0 Å². The molecule has 0 amide bonds. The van der Waals surface area contributed by atoms with E-state index in [0.717, 1.165) is 17.2 Å². The second-order valence-corrected chi connectivity index (χ2v) is 25.3. The molecule has 0 heterocycles. The summed E-state index contributed by atoms with van der Waals surface area (Å²) in [7, 11) is -6.16. The fourth-order valence-electron chi connectivity index (χ4n) is 4.80. The van der Waals surface area contributed by atoms with Gasteiger partial charge >= 0.3 is 20.5 Å². The van der Waals surface area contributed by atoms with Crippen LogP contribution in [0.25, 0.3) is 0 Å². The molecule has 0 unspecified atom stereocenters. The molecule has 2 aromatic carbocycles. The van der Waals surface area contributed by atoms with E-state index in [9.17, 15) is 14.4 Å². The van der Waals surface area contributed by atoms with Gasteiger partial charge in [0, 0.05) is 6.61 Å². The van der Waals surface area contributed by atoms with Crippen LogP contribution in [0.2, 0.25) is 51.9 Å². The Morgan fingerprint density at radius 2 is 1.14 bits per heavy atom. The van der Waals surface area contributed by atoms with Crippen molar-refractivity contribution in [2.24, 2.45) is 0 Å². The van der Waals surface area contributed by atoms with Gasteiger partial charge in [-0.2, -0.15) is 0 Å². The van der Waals surface area contributed by atoms with Crippen molar-refractivity contribution in [1.82, 2.24) is 0 Å². The maximum absolute atomic E-state index is 13.0. The maximum Gasteiger partial charge on any atom is 0.311 e. The SMILES string of the molecule is CC(=O)C(CC(=O)OCc1ccccc1)(CC(=O)OCc1ccccc1)OCCC[Si](C)(C)O[Si](C)(C)O[Si](C)(C)C. The van der Waals surface area contributed by atoms with Crippen LogP contribution in [0.15, 0.2) is 60.7 Å². The van der Waals surface area contributed by atoms with Gasteiger partial charge in [0.05, 0.1) is 12.8 Å². The number of ketones is 1. The van der Waals surface area contributed by atoms with E-state index in [2.05, 4.69) is 45.8 Å². The lowest BCUT2D eigenvalue weighted by Gasteiger charge is -2.37. The zero-order valence-electron chi connectivity index (χ0n) is 26.5. The molecule has 2 rings (SSSR count). The summed E-state index contributed by atoms with van der Waals surface area (Å²) in [5, 5.41) is 0. The molecule has 0 fully saturated rings. The summed E-state index contributed by atoms with van der Waals surface area (Å²) < 4.78 is 30.0. The molecule has 2 aromatic rings. The Morgan fingerprint density at radius 3 is 1.55 bits per heavy atom.